The van der Waals surface area contributed by atoms with Gasteiger partial charge in [-0.1, -0.05) is 12.1 Å². The number of rotatable bonds is 5. The first-order chi connectivity index (χ1) is 11.9. The van der Waals surface area contributed by atoms with E-state index in [4.69, 9.17) is 5.73 Å². The normalized spacial score (nSPS) is 24.2. The van der Waals surface area contributed by atoms with Crippen molar-refractivity contribution >= 4 is 21.4 Å². The Morgan fingerprint density at radius 3 is 2.56 bits per heavy atom. The fraction of sp³-hybridized carbons (Fsp3) is 0.588. The number of anilines is 1. The fourth-order valence-electron chi connectivity index (χ4n) is 3.44. The lowest BCUT2D eigenvalue weighted by Gasteiger charge is -2.34. The van der Waals surface area contributed by atoms with Crippen LogP contribution in [0.1, 0.15) is 12.0 Å². The average Bonchev–Trinajstić information content (AvgIpc) is 2.88. The molecule has 2 aliphatic rings. The monoisotopic (exact) mass is 366 g/mol. The number of nitrogens with two attached hydrogens (primary N) is 1. The average molecular weight is 366 g/mol. The summed E-state index contributed by atoms with van der Waals surface area (Å²) in [6.07, 6.45) is 0.530. The van der Waals surface area contributed by atoms with Crippen molar-refractivity contribution in [1.82, 2.24) is 15.1 Å². The lowest BCUT2D eigenvalue weighted by atomic mass is 10.1. The molecule has 0 radical (unpaired) electrons. The highest BCUT2D eigenvalue weighted by Gasteiger charge is 2.29. The van der Waals surface area contributed by atoms with Gasteiger partial charge in [0.05, 0.1) is 18.1 Å². The number of sulfone groups is 1. The van der Waals surface area contributed by atoms with E-state index in [1.807, 2.05) is 18.2 Å². The first-order valence-corrected chi connectivity index (χ1v) is 10.5. The predicted molar refractivity (Wildman–Crippen MR) is 97.8 cm³/mol. The first-order valence-electron chi connectivity index (χ1n) is 8.68. The molecule has 0 spiro atoms. The molecular weight excluding hydrogens is 340 g/mol. The number of benzene rings is 1. The van der Waals surface area contributed by atoms with Crippen molar-refractivity contribution in [3.63, 3.8) is 0 Å². The maximum Gasteiger partial charge on any atom is 0.234 e. The molecule has 0 saturated carbocycles. The second-order valence-corrected chi connectivity index (χ2v) is 9.19. The van der Waals surface area contributed by atoms with E-state index in [0.29, 0.717) is 13.0 Å². The highest BCUT2D eigenvalue weighted by atomic mass is 32.2. The highest BCUT2D eigenvalue weighted by Crippen LogP contribution is 2.13. The third-order valence-electron chi connectivity index (χ3n) is 4.79. The Bertz CT molecular complexity index is 714. The summed E-state index contributed by atoms with van der Waals surface area (Å²) < 4.78 is 22.9. The van der Waals surface area contributed by atoms with E-state index in [1.54, 1.807) is 0 Å². The molecule has 8 heteroatoms. The van der Waals surface area contributed by atoms with Crippen LogP contribution in [-0.4, -0.2) is 74.4 Å². The van der Waals surface area contributed by atoms with Crippen LogP contribution in [0.3, 0.4) is 0 Å². The van der Waals surface area contributed by atoms with Crippen molar-refractivity contribution in [3.8, 4) is 0 Å². The number of hydrogen-bond acceptors (Lipinski definition) is 6. The molecule has 1 aromatic carbocycles. The van der Waals surface area contributed by atoms with Crippen molar-refractivity contribution < 1.29 is 13.2 Å². The van der Waals surface area contributed by atoms with E-state index >= 15 is 0 Å². The molecule has 3 rings (SSSR count). The number of carbonyl (C=O) groups excluding carboxylic acids is 1. The minimum absolute atomic E-state index is 0.0761. The third-order valence-corrected chi connectivity index (χ3v) is 6.55. The Labute approximate surface area is 149 Å². The van der Waals surface area contributed by atoms with Crippen LogP contribution < -0.4 is 11.1 Å². The van der Waals surface area contributed by atoms with Gasteiger partial charge in [0.15, 0.2) is 9.84 Å². The van der Waals surface area contributed by atoms with E-state index < -0.39 is 9.84 Å². The number of piperazine rings is 1. The van der Waals surface area contributed by atoms with Gasteiger partial charge in [-0.2, -0.15) is 0 Å². The largest absolute Gasteiger partial charge is 0.399 e. The number of nitrogens with zero attached hydrogens (tertiary/aromatic N) is 2. The third kappa shape index (κ3) is 5.42. The van der Waals surface area contributed by atoms with E-state index in [9.17, 15) is 13.2 Å². The molecule has 2 heterocycles. The molecule has 1 aromatic rings. The maximum absolute atomic E-state index is 12.1. The second-order valence-electron chi connectivity index (χ2n) is 6.96. The molecule has 7 nitrogen and oxygen atoms in total. The summed E-state index contributed by atoms with van der Waals surface area (Å²) in [5.41, 5.74) is 7.80. The van der Waals surface area contributed by atoms with E-state index in [0.717, 1.165) is 38.4 Å². The minimum Gasteiger partial charge on any atom is -0.399 e. The molecule has 0 aromatic heterocycles. The Hall–Kier alpha value is -1.64. The van der Waals surface area contributed by atoms with Crippen molar-refractivity contribution in [3.05, 3.63) is 29.8 Å². The van der Waals surface area contributed by atoms with Gasteiger partial charge in [-0.05, 0) is 24.1 Å². The van der Waals surface area contributed by atoms with Gasteiger partial charge in [0.2, 0.25) is 5.91 Å². The zero-order valence-corrected chi connectivity index (χ0v) is 15.2. The van der Waals surface area contributed by atoms with Crippen LogP contribution in [0.15, 0.2) is 24.3 Å². The van der Waals surface area contributed by atoms with Gasteiger partial charge in [-0.3, -0.25) is 14.6 Å². The Morgan fingerprint density at radius 1 is 1.20 bits per heavy atom. The van der Waals surface area contributed by atoms with Crippen molar-refractivity contribution in [1.29, 1.82) is 0 Å². The smallest absolute Gasteiger partial charge is 0.234 e. The van der Waals surface area contributed by atoms with Crippen LogP contribution in [0.25, 0.3) is 0 Å². The molecule has 138 valence electrons. The summed E-state index contributed by atoms with van der Waals surface area (Å²) in [5.74, 6) is 0.180. The van der Waals surface area contributed by atoms with Gasteiger partial charge < -0.3 is 11.1 Å². The topological polar surface area (TPSA) is 95.7 Å². The number of nitrogens with one attached hydrogen (secondary N) is 1. The van der Waals surface area contributed by atoms with E-state index in [1.165, 1.54) is 5.56 Å². The second kappa shape index (κ2) is 7.72. The molecule has 1 unspecified atom stereocenters. The van der Waals surface area contributed by atoms with Gasteiger partial charge in [0.1, 0.15) is 0 Å². The Kier molecular flexibility index (Phi) is 5.61. The zero-order chi connectivity index (χ0) is 17.9. The molecule has 2 aliphatic heterocycles. The fourth-order valence-corrected chi connectivity index (χ4v) is 5.11. The Morgan fingerprint density at radius 2 is 1.92 bits per heavy atom. The summed E-state index contributed by atoms with van der Waals surface area (Å²) in [7, 11) is -2.96. The molecule has 0 aliphatic carbocycles. The van der Waals surface area contributed by atoms with Gasteiger partial charge in [-0.25, -0.2) is 8.42 Å². The van der Waals surface area contributed by atoms with Gasteiger partial charge >= 0.3 is 0 Å². The quantitative estimate of drug-likeness (QED) is 0.694. The first kappa shape index (κ1) is 18.2. The van der Waals surface area contributed by atoms with Crippen LogP contribution in [-0.2, 0) is 21.2 Å². The SMILES string of the molecule is Nc1cccc(CN2CCN(CC(=O)NC3CCS(=O)(=O)C3)CC2)c1. The van der Waals surface area contributed by atoms with Gasteiger partial charge in [-0.15, -0.1) is 0 Å². The Balaban J connectivity index is 1.39. The molecule has 1 amide bonds. The van der Waals surface area contributed by atoms with E-state index in [-0.39, 0.29) is 23.5 Å². The van der Waals surface area contributed by atoms with Crippen LogP contribution in [0.2, 0.25) is 0 Å². The highest BCUT2D eigenvalue weighted by molar-refractivity contribution is 7.91. The summed E-state index contributed by atoms with van der Waals surface area (Å²) in [6, 6.07) is 7.70. The van der Waals surface area contributed by atoms with Crippen molar-refractivity contribution in [2.45, 2.75) is 19.0 Å². The molecule has 2 saturated heterocycles. The zero-order valence-electron chi connectivity index (χ0n) is 14.4. The summed E-state index contributed by atoms with van der Waals surface area (Å²) >= 11 is 0. The van der Waals surface area contributed by atoms with Crippen LogP contribution in [0, 0.1) is 0 Å². The molecular formula is C17H26N4O3S. The summed E-state index contributed by atoms with van der Waals surface area (Å²) in [6.45, 7) is 4.67. The number of nitrogen functional groups attached to an aromatic ring is 1. The molecule has 3 N–H and O–H groups in total. The predicted octanol–water partition coefficient (Wildman–Crippen LogP) is -0.310. The standard InChI is InChI=1S/C17H26N4O3S/c18-15-3-1-2-14(10-15)11-20-5-7-21(8-6-20)12-17(22)19-16-4-9-25(23,24)13-16/h1-3,10,16H,4-9,11-13,18H2,(H,19,22). The van der Waals surface area contributed by atoms with Gasteiger partial charge in [0.25, 0.3) is 0 Å². The lowest BCUT2D eigenvalue weighted by molar-refractivity contribution is -0.123. The number of carbonyl (C=O) groups is 1. The van der Waals surface area contributed by atoms with Crippen molar-refractivity contribution in [2.24, 2.45) is 0 Å². The van der Waals surface area contributed by atoms with Crippen molar-refractivity contribution in [2.75, 3.05) is 50.0 Å². The van der Waals surface area contributed by atoms with Crippen LogP contribution in [0.4, 0.5) is 5.69 Å². The summed E-state index contributed by atoms with van der Waals surface area (Å²) in [4.78, 5) is 16.6. The van der Waals surface area contributed by atoms with E-state index in [2.05, 4.69) is 21.2 Å². The summed E-state index contributed by atoms with van der Waals surface area (Å²) in [5, 5.41) is 2.85. The minimum atomic E-state index is -2.96. The maximum atomic E-state index is 12.1. The molecule has 1 atom stereocenters. The molecule has 0 bridgehead atoms. The number of amides is 1. The van der Waals surface area contributed by atoms with Crippen LogP contribution in [0.5, 0.6) is 0 Å². The van der Waals surface area contributed by atoms with Crippen LogP contribution >= 0.6 is 0 Å². The molecule has 25 heavy (non-hydrogen) atoms. The molecule has 2 fully saturated rings. The number of hydrogen-bond donors (Lipinski definition) is 2. The lowest BCUT2D eigenvalue weighted by Crippen LogP contribution is -2.50. The van der Waals surface area contributed by atoms with Gasteiger partial charge in [0, 0.05) is 44.5 Å².